The SMILES string of the molecule is O=C(NC(CO)C(=O)O)c1cccn1C1CCC1. The van der Waals surface area contributed by atoms with Crippen molar-refractivity contribution in [2.75, 3.05) is 6.61 Å². The Morgan fingerprint density at radius 1 is 1.50 bits per heavy atom. The lowest BCUT2D eigenvalue weighted by Gasteiger charge is -2.29. The lowest BCUT2D eigenvalue weighted by Crippen LogP contribution is -2.44. The number of hydrogen-bond donors (Lipinski definition) is 3. The molecule has 6 heteroatoms. The zero-order valence-corrected chi connectivity index (χ0v) is 9.87. The summed E-state index contributed by atoms with van der Waals surface area (Å²) in [5.41, 5.74) is 0.444. The van der Waals surface area contributed by atoms with Gasteiger partial charge in [-0.25, -0.2) is 4.79 Å². The lowest BCUT2D eigenvalue weighted by atomic mass is 9.93. The van der Waals surface area contributed by atoms with E-state index in [1.54, 1.807) is 12.1 Å². The van der Waals surface area contributed by atoms with E-state index in [2.05, 4.69) is 5.32 Å². The molecule has 2 rings (SSSR count). The summed E-state index contributed by atoms with van der Waals surface area (Å²) >= 11 is 0. The molecule has 1 aliphatic rings. The highest BCUT2D eigenvalue weighted by atomic mass is 16.4. The fourth-order valence-corrected chi connectivity index (χ4v) is 1.99. The van der Waals surface area contributed by atoms with Crippen molar-refractivity contribution in [1.29, 1.82) is 0 Å². The summed E-state index contributed by atoms with van der Waals surface area (Å²) < 4.78 is 1.87. The van der Waals surface area contributed by atoms with E-state index in [1.807, 2.05) is 10.8 Å². The summed E-state index contributed by atoms with van der Waals surface area (Å²) in [5.74, 6) is -1.71. The van der Waals surface area contributed by atoms with Gasteiger partial charge in [0.1, 0.15) is 5.69 Å². The third-order valence-corrected chi connectivity index (χ3v) is 3.27. The van der Waals surface area contributed by atoms with Crippen molar-refractivity contribution >= 4 is 11.9 Å². The van der Waals surface area contributed by atoms with Crippen LogP contribution in [0.15, 0.2) is 18.3 Å². The van der Waals surface area contributed by atoms with Gasteiger partial charge in [0, 0.05) is 12.2 Å². The first-order chi connectivity index (χ1) is 8.63. The Balaban J connectivity index is 2.08. The first-order valence-electron chi connectivity index (χ1n) is 5.95. The highest BCUT2D eigenvalue weighted by molar-refractivity contribution is 5.95. The number of aliphatic hydroxyl groups excluding tert-OH is 1. The molecule has 0 radical (unpaired) electrons. The third kappa shape index (κ3) is 2.38. The molecule has 1 heterocycles. The quantitative estimate of drug-likeness (QED) is 0.707. The predicted molar refractivity (Wildman–Crippen MR) is 63.3 cm³/mol. The monoisotopic (exact) mass is 252 g/mol. The van der Waals surface area contributed by atoms with E-state index in [4.69, 9.17) is 10.2 Å². The second-order valence-electron chi connectivity index (χ2n) is 4.43. The van der Waals surface area contributed by atoms with Gasteiger partial charge in [-0.3, -0.25) is 4.79 Å². The summed E-state index contributed by atoms with van der Waals surface area (Å²) in [5, 5.41) is 20.0. The molecule has 1 aromatic heterocycles. The zero-order valence-electron chi connectivity index (χ0n) is 9.87. The van der Waals surface area contributed by atoms with Crippen LogP contribution < -0.4 is 5.32 Å². The highest BCUT2D eigenvalue weighted by Crippen LogP contribution is 2.32. The maximum atomic E-state index is 11.9. The largest absolute Gasteiger partial charge is 0.480 e. The van der Waals surface area contributed by atoms with Crippen molar-refractivity contribution in [2.24, 2.45) is 0 Å². The second-order valence-corrected chi connectivity index (χ2v) is 4.43. The number of carbonyl (C=O) groups is 2. The van der Waals surface area contributed by atoms with Gasteiger partial charge in [0.2, 0.25) is 0 Å². The van der Waals surface area contributed by atoms with E-state index in [-0.39, 0.29) is 0 Å². The van der Waals surface area contributed by atoms with Crippen LogP contribution in [0.3, 0.4) is 0 Å². The van der Waals surface area contributed by atoms with Gasteiger partial charge in [0.15, 0.2) is 6.04 Å². The summed E-state index contributed by atoms with van der Waals surface area (Å²) in [6, 6.07) is 2.49. The van der Waals surface area contributed by atoms with Gasteiger partial charge in [-0.15, -0.1) is 0 Å². The molecule has 0 aromatic carbocycles. The Hall–Kier alpha value is -1.82. The topological polar surface area (TPSA) is 91.6 Å². The number of amides is 1. The van der Waals surface area contributed by atoms with Gasteiger partial charge in [-0.1, -0.05) is 0 Å². The molecule has 0 saturated heterocycles. The molecule has 1 fully saturated rings. The molecule has 3 N–H and O–H groups in total. The smallest absolute Gasteiger partial charge is 0.328 e. The van der Waals surface area contributed by atoms with E-state index in [9.17, 15) is 9.59 Å². The highest BCUT2D eigenvalue weighted by Gasteiger charge is 2.25. The number of aliphatic carboxylic acids is 1. The number of carbonyl (C=O) groups excluding carboxylic acids is 1. The normalized spacial score (nSPS) is 16.9. The van der Waals surface area contributed by atoms with E-state index >= 15 is 0 Å². The fourth-order valence-electron chi connectivity index (χ4n) is 1.99. The summed E-state index contributed by atoms with van der Waals surface area (Å²) in [6.07, 6.45) is 5.06. The van der Waals surface area contributed by atoms with Crippen LogP contribution in [0.1, 0.15) is 35.8 Å². The number of nitrogens with zero attached hydrogens (tertiary/aromatic N) is 1. The number of aromatic nitrogens is 1. The minimum absolute atomic E-state index is 0.332. The van der Waals surface area contributed by atoms with Gasteiger partial charge in [-0.05, 0) is 31.4 Å². The van der Waals surface area contributed by atoms with Crippen LogP contribution in [0.2, 0.25) is 0 Å². The zero-order chi connectivity index (χ0) is 13.1. The number of nitrogens with one attached hydrogen (secondary N) is 1. The van der Waals surface area contributed by atoms with Crippen LogP contribution in [-0.2, 0) is 4.79 Å². The molecular weight excluding hydrogens is 236 g/mol. The molecule has 1 aliphatic carbocycles. The fraction of sp³-hybridized carbons (Fsp3) is 0.500. The molecule has 0 spiro atoms. The van der Waals surface area contributed by atoms with E-state index in [0.29, 0.717) is 11.7 Å². The summed E-state index contributed by atoms with van der Waals surface area (Å²) in [4.78, 5) is 22.7. The van der Waals surface area contributed by atoms with Crippen molar-refractivity contribution in [1.82, 2.24) is 9.88 Å². The van der Waals surface area contributed by atoms with Crippen molar-refractivity contribution in [3.8, 4) is 0 Å². The lowest BCUT2D eigenvalue weighted by molar-refractivity contribution is -0.140. The Morgan fingerprint density at radius 3 is 2.72 bits per heavy atom. The molecular formula is C12H16N2O4. The van der Waals surface area contributed by atoms with E-state index < -0.39 is 24.5 Å². The standard InChI is InChI=1S/C12H16N2O4/c15-7-9(12(17)18)13-11(16)10-5-2-6-14(10)8-3-1-4-8/h2,5-6,8-9,15H,1,3-4,7H2,(H,13,16)(H,17,18). The summed E-state index contributed by atoms with van der Waals surface area (Å²) in [7, 11) is 0. The Labute approximate surface area is 104 Å². The van der Waals surface area contributed by atoms with Gasteiger partial charge < -0.3 is 20.1 Å². The van der Waals surface area contributed by atoms with Crippen molar-refractivity contribution in [3.05, 3.63) is 24.0 Å². The molecule has 98 valence electrons. The molecule has 6 nitrogen and oxygen atoms in total. The van der Waals surface area contributed by atoms with Crippen LogP contribution in [0.25, 0.3) is 0 Å². The summed E-state index contributed by atoms with van der Waals surface area (Å²) in [6.45, 7) is -0.620. The average molecular weight is 252 g/mol. The Bertz CT molecular complexity index is 451. The molecule has 1 amide bonds. The Kier molecular flexibility index (Phi) is 3.66. The Morgan fingerprint density at radius 2 is 2.22 bits per heavy atom. The minimum atomic E-state index is -1.26. The molecule has 1 unspecified atom stereocenters. The van der Waals surface area contributed by atoms with E-state index in [0.717, 1.165) is 19.3 Å². The van der Waals surface area contributed by atoms with Crippen LogP contribution in [-0.4, -0.2) is 39.3 Å². The van der Waals surface area contributed by atoms with Gasteiger partial charge in [-0.2, -0.15) is 0 Å². The molecule has 18 heavy (non-hydrogen) atoms. The predicted octanol–water partition coefficient (Wildman–Crippen LogP) is 0.388. The van der Waals surface area contributed by atoms with Gasteiger partial charge in [0.25, 0.3) is 5.91 Å². The number of aliphatic hydroxyl groups is 1. The van der Waals surface area contributed by atoms with Crippen LogP contribution in [0.4, 0.5) is 0 Å². The molecule has 0 aliphatic heterocycles. The number of rotatable bonds is 5. The minimum Gasteiger partial charge on any atom is -0.480 e. The number of carboxylic acid groups (broad SMARTS) is 1. The molecule has 0 bridgehead atoms. The van der Waals surface area contributed by atoms with Crippen molar-refractivity contribution in [3.63, 3.8) is 0 Å². The number of hydrogen-bond acceptors (Lipinski definition) is 3. The van der Waals surface area contributed by atoms with Crippen LogP contribution in [0.5, 0.6) is 0 Å². The van der Waals surface area contributed by atoms with Crippen LogP contribution in [0, 0.1) is 0 Å². The maximum Gasteiger partial charge on any atom is 0.328 e. The maximum absolute atomic E-state index is 11.9. The van der Waals surface area contributed by atoms with E-state index in [1.165, 1.54) is 0 Å². The average Bonchev–Trinajstić information content (AvgIpc) is 2.71. The first-order valence-corrected chi connectivity index (χ1v) is 5.95. The van der Waals surface area contributed by atoms with Gasteiger partial charge >= 0.3 is 5.97 Å². The van der Waals surface area contributed by atoms with Gasteiger partial charge in [0.05, 0.1) is 6.61 Å². The second kappa shape index (κ2) is 5.22. The molecule has 1 atom stereocenters. The molecule has 1 aromatic rings. The van der Waals surface area contributed by atoms with Crippen molar-refractivity contribution in [2.45, 2.75) is 31.3 Å². The third-order valence-electron chi connectivity index (χ3n) is 3.27. The van der Waals surface area contributed by atoms with Crippen molar-refractivity contribution < 1.29 is 19.8 Å². The number of carboxylic acids is 1. The van der Waals surface area contributed by atoms with Crippen LogP contribution >= 0.6 is 0 Å². The molecule has 1 saturated carbocycles. The first kappa shape index (κ1) is 12.6.